The van der Waals surface area contributed by atoms with Crippen molar-refractivity contribution >= 4 is 0 Å². The van der Waals surface area contributed by atoms with Crippen LogP contribution in [-0.4, -0.2) is 12.2 Å². The lowest BCUT2D eigenvalue weighted by Gasteiger charge is -2.12. The predicted molar refractivity (Wildman–Crippen MR) is 79.3 cm³/mol. The Balaban J connectivity index is 2.33. The number of rotatable bonds is 6. The van der Waals surface area contributed by atoms with Crippen LogP contribution in [0.4, 0.5) is 0 Å². The highest BCUT2D eigenvalue weighted by atomic mass is 16.5. The van der Waals surface area contributed by atoms with Crippen molar-refractivity contribution in [3.8, 4) is 11.3 Å². The average molecular weight is 274 g/mol. The lowest BCUT2D eigenvalue weighted by molar-refractivity contribution is 0.134. The fraction of sp³-hybridized carbons (Fsp3) is 0.412. The van der Waals surface area contributed by atoms with Gasteiger partial charge in [0.05, 0.1) is 6.10 Å². The fourth-order valence-electron chi connectivity index (χ4n) is 2.29. The van der Waals surface area contributed by atoms with Gasteiger partial charge in [-0.15, -0.1) is 0 Å². The first-order valence-corrected chi connectivity index (χ1v) is 6.96. The Kier molecular flexibility index (Phi) is 4.99. The molecule has 3 heteroatoms. The quantitative estimate of drug-likeness (QED) is 0.859. The maximum absolute atomic E-state index is 10.3. The van der Waals surface area contributed by atoms with E-state index in [-0.39, 0.29) is 0 Å². The van der Waals surface area contributed by atoms with Gasteiger partial charge in [0.15, 0.2) is 0 Å². The number of hydrogen-bond acceptors (Lipinski definition) is 3. The van der Waals surface area contributed by atoms with Crippen LogP contribution in [0.25, 0.3) is 11.3 Å². The van der Waals surface area contributed by atoms with E-state index in [1.807, 2.05) is 36.4 Å². The van der Waals surface area contributed by atoms with Crippen LogP contribution in [0.3, 0.4) is 0 Å². The molecule has 2 aromatic rings. The minimum atomic E-state index is -0.513. The summed E-state index contributed by atoms with van der Waals surface area (Å²) in [6.45, 7) is 4.56. The van der Waals surface area contributed by atoms with Gasteiger partial charge in [-0.25, -0.2) is 0 Å². The normalized spacial score (nSPS) is 12.8. The van der Waals surface area contributed by atoms with Crippen molar-refractivity contribution in [1.29, 1.82) is 0 Å². The maximum atomic E-state index is 10.3. The van der Waals surface area contributed by atoms with E-state index >= 15 is 0 Å². The third-order valence-electron chi connectivity index (χ3n) is 3.23. The van der Waals surface area contributed by atoms with Crippen molar-refractivity contribution in [2.45, 2.75) is 33.0 Å². The van der Waals surface area contributed by atoms with E-state index in [2.05, 4.69) is 13.8 Å². The summed E-state index contributed by atoms with van der Waals surface area (Å²) in [5.41, 5.74) is 1.84. The van der Waals surface area contributed by atoms with Gasteiger partial charge in [-0.1, -0.05) is 44.2 Å². The van der Waals surface area contributed by atoms with Gasteiger partial charge in [0, 0.05) is 18.2 Å². The van der Waals surface area contributed by atoms with Crippen LogP contribution in [0.2, 0.25) is 0 Å². The number of hydrogen-bond donors (Lipinski definition) is 1. The molecule has 0 radical (unpaired) electrons. The third-order valence-corrected chi connectivity index (χ3v) is 3.23. The van der Waals surface area contributed by atoms with E-state index in [4.69, 9.17) is 9.15 Å². The van der Waals surface area contributed by atoms with Gasteiger partial charge < -0.3 is 14.3 Å². The zero-order chi connectivity index (χ0) is 14.5. The van der Waals surface area contributed by atoms with Crippen LogP contribution in [-0.2, 0) is 11.3 Å². The molecule has 1 N–H and O–H groups in total. The minimum Gasteiger partial charge on any atom is -0.458 e. The largest absolute Gasteiger partial charge is 0.458 e. The van der Waals surface area contributed by atoms with E-state index in [1.165, 1.54) is 0 Å². The Morgan fingerprint density at radius 2 is 1.90 bits per heavy atom. The van der Waals surface area contributed by atoms with E-state index < -0.39 is 6.10 Å². The SMILES string of the molecule is COCc1oc(-c2ccccc2)cc1C(O)CC(C)C. The van der Waals surface area contributed by atoms with Gasteiger partial charge in [0.2, 0.25) is 0 Å². The summed E-state index contributed by atoms with van der Waals surface area (Å²) in [7, 11) is 1.63. The highest BCUT2D eigenvalue weighted by Gasteiger charge is 2.19. The number of furan rings is 1. The highest BCUT2D eigenvalue weighted by Crippen LogP contribution is 2.32. The van der Waals surface area contributed by atoms with Crippen molar-refractivity contribution < 1.29 is 14.3 Å². The van der Waals surface area contributed by atoms with E-state index in [0.29, 0.717) is 24.7 Å². The minimum absolute atomic E-state index is 0.372. The van der Waals surface area contributed by atoms with Crippen LogP contribution >= 0.6 is 0 Å². The van der Waals surface area contributed by atoms with Crippen molar-refractivity contribution in [2.75, 3.05) is 7.11 Å². The van der Waals surface area contributed by atoms with E-state index in [9.17, 15) is 5.11 Å². The first-order valence-electron chi connectivity index (χ1n) is 6.96. The molecule has 0 aliphatic heterocycles. The van der Waals surface area contributed by atoms with Crippen molar-refractivity contribution in [1.82, 2.24) is 0 Å². The molecule has 1 aromatic heterocycles. The van der Waals surface area contributed by atoms with Crippen LogP contribution < -0.4 is 0 Å². The molecule has 20 heavy (non-hydrogen) atoms. The molecular weight excluding hydrogens is 252 g/mol. The molecule has 0 amide bonds. The monoisotopic (exact) mass is 274 g/mol. The number of methoxy groups -OCH3 is 1. The van der Waals surface area contributed by atoms with Crippen molar-refractivity contribution in [3.63, 3.8) is 0 Å². The zero-order valence-electron chi connectivity index (χ0n) is 12.3. The van der Waals surface area contributed by atoms with Gasteiger partial charge >= 0.3 is 0 Å². The summed E-state index contributed by atoms with van der Waals surface area (Å²) in [5, 5.41) is 10.3. The summed E-state index contributed by atoms with van der Waals surface area (Å²) in [5.74, 6) is 1.91. The van der Waals surface area contributed by atoms with Crippen molar-refractivity contribution in [3.05, 3.63) is 47.7 Å². The van der Waals surface area contributed by atoms with Crippen LogP contribution in [0, 0.1) is 5.92 Å². The number of aliphatic hydroxyl groups excluding tert-OH is 1. The highest BCUT2D eigenvalue weighted by molar-refractivity contribution is 5.58. The Morgan fingerprint density at radius 1 is 1.20 bits per heavy atom. The molecule has 0 aliphatic carbocycles. The molecule has 0 saturated carbocycles. The molecular formula is C17H22O3. The molecule has 1 heterocycles. The molecule has 1 unspecified atom stereocenters. The van der Waals surface area contributed by atoms with Crippen LogP contribution in [0.1, 0.15) is 37.7 Å². The fourth-order valence-corrected chi connectivity index (χ4v) is 2.29. The molecule has 3 nitrogen and oxygen atoms in total. The molecule has 0 aliphatic rings. The molecule has 1 atom stereocenters. The molecule has 0 spiro atoms. The lowest BCUT2D eigenvalue weighted by atomic mass is 9.99. The molecule has 0 saturated heterocycles. The number of ether oxygens (including phenoxy) is 1. The molecule has 2 rings (SSSR count). The van der Waals surface area contributed by atoms with Gasteiger partial charge in [0.1, 0.15) is 18.1 Å². The van der Waals surface area contributed by atoms with Crippen LogP contribution in [0.15, 0.2) is 40.8 Å². The second kappa shape index (κ2) is 6.73. The van der Waals surface area contributed by atoms with E-state index in [1.54, 1.807) is 7.11 Å². The summed E-state index contributed by atoms with van der Waals surface area (Å²) in [6, 6.07) is 11.8. The zero-order valence-corrected chi connectivity index (χ0v) is 12.3. The average Bonchev–Trinajstić information content (AvgIpc) is 2.83. The number of aliphatic hydroxyl groups is 1. The van der Waals surface area contributed by atoms with Crippen LogP contribution in [0.5, 0.6) is 0 Å². The smallest absolute Gasteiger partial charge is 0.136 e. The lowest BCUT2D eigenvalue weighted by Crippen LogP contribution is -2.03. The van der Waals surface area contributed by atoms with Gasteiger partial charge in [-0.05, 0) is 18.4 Å². The Morgan fingerprint density at radius 3 is 2.50 bits per heavy atom. The molecule has 0 fully saturated rings. The first-order chi connectivity index (χ1) is 9.61. The first kappa shape index (κ1) is 14.8. The summed E-state index contributed by atoms with van der Waals surface area (Å²) in [4.78, 5) is 0. The standard InChI is InChI=1S/C17H22O3/c1-12(2)9-15(18)14-10-16(20-17(14)11-19-3)13-7-5-4-6-8-13/h4-8,10,12,15,18H,9,11H2,1-3H3. The maximum Gasteiger partial charge on any atom is 0.136 e. The summed E-state index contributed by atoms with van der Waals surface area (Å²) in [6.07, 6.45) is 0.200. The third kappa shape index (κ3) is 3.50. The predicted octanol–water partition coefficient (Wildman–Crippen LogP) is 4.17. The van der Waals surface area contributed by atoms with E-state index in [0.717, 1.165) is 16.9 Å². The van der Waals surface area contributed by atoms with Gasteiger partial charge in [-0.3, -0.25) is 0 Å². The molecule has 108 valence electrons. The topological polar surface area (TPSA) is 42.6 Å². The van der Waals surface area contributed by atoms with Gasteiger partial charge in [-0.2, -0.15) is 0 Å². The summed E-state index contributed by atoms with van der Waals surface area (Å²) >= 11 is 0. The second-order valence-electron chi connectivity index (χ2n) is 5.43. The summed E-state index contributed by atoms with van der Waals surface area (Å²) < 4.78 is 11.0. The number of benzene rings is 1. The molecule has 0 bridgehead atoms. The van der Waals surface area contributed by atoms with Gasteiger partial charge in [0.25, 0.3) is 0 Å². The second-order valence-corrected chi connectivity index (χ2v) is 5.43. The Labute approximate surface area is 120 Å². The Bertz CT molecular complexity index is 528. The molecule has 1 aromatic carbocycles. The van der Waals surface area contributed by atoms with Crippen molar-refractivity contribution in [2.24, 2.45) is 5.92 Å². The Hall–Kier alpha value is -1.58.